The first-order chi connectivity index (χ1) is 7.38. The fraction of sp³-hybridized carbons (Fsp3) is 0.923. The van der Waals surface area contributed by atoms with Crippen LogP contribution in [0.2, 0.25) is 0 Å². The molecule has 0 amide bonds. The lowest BCUT2D eigenvalue weighted by atomic mass is 9.66. The molecular weight excluding hydrogens is 204 g/mol. The molecule has 1 unspecified atom stereocenters. The first-order valence-corrected chi connectivity index (χ1v) is 6.32. The average Bonchev–Trinajstić information content (AvgIpc) is 2.22. The standard InChI is InChI=1S/C13H22O3/c1-9(2)13(15)8-7-12(3)10(14)5-4-6-11(12)16-13/h9,11,15H,4-8H2,1-3H3/t11-,12-,13?/m1/s1. The highest BCUT2D eigenvalue weighted by Crippen LogP contribution is 2.47. The van der Waals surface area contributed by atoms with Gasteiger partial charge < -0.3 is 9.84 Å². The van der Waals surface area contributed by atoms with Crippen LogP contribution in [0.3, 0.4) is 0 Å². The topological polar surface area (TPSA) is 46.5 Å². The van der Waals surface area contributed by atoms with Gasteiger partial charge in [0.1, 0.15) is 5.78 Å². The van der Waals surface area contributed by atoms with Crippen LogP contribution >= 0.6 is 0 Å². The number of rotatable bonds is 1. The SMILES string of the molecule is CC(C)C1(O)CC[C@]2(C)C(=O)CCC[C@H]2O1. The van der Waals surface area contributed by atoms with Crippen molar-refractivity contribution in [1.29, 1.82) is 0 Å². The quantitative estimate of drug-likeness (QED) is 0.746. The van der Waals surface area contributed by atoms with Crippen molar-refractivity contribution in [2.45, 2.75) is 64.8 Å². The van der Waals surface area contributed by atoms with Crippen molar-refractivity contribution in [3.63, 3.8) is 0 Å². The van der Waals surface area contributed by atoms with Crippen LogP contribution in [0, 0.1) is 11.3 Å². The molecule has 1 aliphatic heterocycles. The van der Waals surface area contributed by atoms with E-state index in [0.29, 0.717) is 18.6 Å². The molecule has 2 rings (SSSR count). The van der Waals surface area contributed by atoms with Crippen LogP contribution in [0.1, 0.15) is 52.9 Å². The second-order valence-corrected chi connectivity index (χ2v) is 5.84. The zero-order valence-electron chi connectivity index (χ0n) is 10.5. The van der Waals surface area contributed by atoms with Crippen LogP contribution in [0.4, 0.5) is 0 Å². The zero-order valence-corrected chi connectivity index (χ0v) is 10.5. The normalized spacial score (nSPS) is 44.6. The summed E-state index contributed by atoms with van der Waals surface area (Å²) in [5.41, 5.74) is -0.348. The zero-order chi connectivity index (χ0) is 12.0. The van der Waals surface area contributed by atoms with E-state index < -0.39 is 5.79 Å². The Balaban J connectivity index is 2.19. The predicted octanol–water partition coefficient (Wildman–Crippen LogP) is 2.27. The van der Waals surface area contributed by atoms with Crippen molar-refractivity contribution in [3.8, 4) is 0 Å². The minimum Gasteiger partial charge on any atom is -0.365 e. The number of aliphatic hydroxyl groups is 1. The maximum Gasteiger partial charge on any atom is 0.168 e. The highest BCUT2D eigenvalue weighted by molar-refractivity contribution is 5.86. The molecule has 92 valence electrons. The van der Waals surface area contributed by atoms with E-state index in [2.05, 4.69) is 0 Å². The van der Waals surface area contributed by atoms with Gasteiger partial charge in [-0.2, -0.15) is 0 Å². The maximum atomic E-state index is 12.0. The Morgan fingerprint density at radius 2 is 2.12 bits per heavy atom. The lowest BCUT2D eigenvalue weighted by molar-refractivity contribution is -0.302. The minimum absolute atomic E-state index is 0.0779. The summed E-state index contributed by atoms with van der Waals surface area (Å²) in [5.74, 6) is -0.634. The molecule has 0 bridgehead atoms. The largest absolute Gasteiger partial charge is 0.365 e. The van der Waals surface area contributed by atoms with Gasteiger partial charge in [-0.3, -0.25) is 4.79 Å². The van der Waals surface area contributed by atoms with Crippen molar-refractivity contribution in [3.05, 3.63) is 0 Å². The average molecular weight is 226 g/mol. The van der Waals surface area contributed by atoms with Crippen molar-refractivity contribution in [2.75, 3.05) is 0 Å². The number of Topliss-reactive ketones (excluding diaryl/α,β-unsaturated/α-hetero) is 1. The molecule has 0 radical (unpaired) electrons. The van der Waals surface area contributed by atoms with E-state index in [1.165, 1.54) is 0 Å². The van der Waals surface area contributed by atoms with E-state index in [4.69, 9.17) is 4.74 Å². The van der Waals surface area contributed by atoms with Crippen LogP contribution in [0.5, 0.6) is 0 Å². The summed E-state index contributed by atoms with van der Waals surface area (Å²) in [6.45, 7) is 5.93. The van der Waals surface area contributed by atoms with Gasteiger partial charge in [0.25, 0.3) is 0 Å². The van der Waals surface area contributed by atoms with Crippen LogP contribution in [0.15, 0.2) is 0 Å². The van der Waals surface area contributed by atoms with Crippen molar-refractivity contribution in [1.82, 2.24) is 0 Å². The molecule has 1 saturated heterocycles. The summed E-state index contributed by atoms with van der Waals surface area (Å²) in [6, 6.07) is 0. The van der Waals surface area contributed by atoms with Gasteiger partial charge in [-0.15, -0.1) is 0 Å². The number of carbonyl (C=O) groups is 1. The first-order valence-electron chi connectivity index (χ1n) is 6.32. The number of hydrogen-bond donors (Lipinski definition) is 1. The molecule has 1 aliphatic carbocycles. The van der Waals surface area contributed by atoms with Gasteiger partial charge in [0.05, 0.1) is 11.5 Å². The maximum absolute atomic E-state index is 12.0. The van der Waals surface area contributed by atoms with Gasteiger partial charge >= 0.3 is 0 Å². The molecule has 1 N–H and O–H groups in total. The van der Waals surface area contributed by atoms with Gasteiger partial charge in [0.2, 0.25) is 0 Å². The van der Waals surface area contributed by atoms with Gasteiger partial charge in [0, 0.05) is 18.8 Å². The van der Waals surface area contributed by atoms with Crippen molar-refractivity contribution >= 4 is 5.78 Å². The smallest absolute Gasteiger partial charge is 0.168 e. The Morgan fingerprint density at radius 3 is 2.75 bits per heavy atom. The molecule has 2 fully saturated rings. The van der Waals surface area contributed by atoms with Crippen molar-refractivity contribution in [2.24, 2.45) is 11.3 Å². The Hall–Kier alpha value is -0.410. The third kappa shape index (κ3) is 1.70. The van der Waals surface area contributed by atoms with Gasteiger partial charge in [-0.25, -0.2) is 0 Å². The van der Waals surface area contributed by atoms with E-state index >= 15 is 0 Å². The molecule has 1 saturated carbocycles. The van der Waals surface area contributed by atoms with Crippen LogP contribution < -0.4 is 0 Å². The minimum atomic E-state index is -1.03. The molecule has 0 aromatic carbocycles. The molecule has 2 aliphatic rings. The highest BCUT2D eigenvalue weighted by Gasteiger charge is 2.52. The van der Waals surface area contributed by atoms with Gasteiger partial charge in [0.15, 0.2) is 5.79 Å². The summed E-state index contributed by atoms with van der Waals surface area (Å²) >= 11 is 0. The number of carbonyl (C=O) groups excluding carboxylic acids is 1. The second-order valence-electron chi connectivity index (χ2n) is 5.84. The fourth-order valence-electron chi connectivity index (χ4n) is 2.89. The van der Waals surface area contributed by atoms with E-state index in [9.17, 15) is 9.90 Å². The Morgan fingerprint density at radius 1 is 1.44 bits per heavy atom. The monoisotopic (exact) mass is 226 g/mol. The predicted molar refractivity (Wildman–Crippen MR) is 60.9 cm³/mol. The van der Waals surface area contributed by atoms with E-state index in [-0.39, 0.29) is 17.4 Å². The van der Waals surface area contributed by atoms with Gasteiger partial charge in [-0.05, 0) is 19.3 Å². The third-order valence-electron chi connectivity index (χ3n) is 4.47. The van der Waals surface area contributed by atoms with E-state index in [0.717, 1.165) is 19.3 Å². The van der Waals surface area contributed by atoms with E-state index in [1.807, 2.05) is 20.8 Å². The van der Waals surface area contributed by atoms with Crippen molar-refractivity contribution < 1.29 is 14.6 Å². The molecule has 0 aromatic rings. The first kappa shape index (κ1) is 12.1. The number of fused-ring (bicyclic) bond motifs is 1. The van der Waals surface area contributed by atoms with Crippen LogP contribution in [0.25, 0.3) is 0 Å². The molecule has 3 heteroatoms. The van der Waals surface area contributed by atoms with Crippen LogP contribution in [-0.2, 0) is 9.53 Å². The summed E-state index contributed by atoms with van der Waals surface area (Å²) in [6.07, 6.45) is 3.71. The molecule has 0 aromatic heterocycles. The van der Waals surface area contributed by atoms with Crippen LogP contribution in [-0.4, -0.2) is 22.8 Å². The Labute approximate surface area is 97.2 Å². The third-order valence-corrected chi connectivity index (χ3v) is 4.47. The molecule has 16 heavy (non-hydrogen) atoms. The Bertz CT molecular complexity index is 300. The molecule has 3 atom stereocenters. The Kier molecular flexibility index (Phi) is 2.87. The summed E-state index contributed by atoms with van der Waals surface area (Å²) in [4.78, 5) is 12.0. The fourth-order valence-corrected chi connectivity index (χ4v) is 2.89. The second kappa shape index (κ2) is 3.81. The summed E-state index contributed by atoms with van der Waals surface area (Å²) in [5, 5.41) is 10.4. The number of ketones is 1. The number of hydrogen-bond acceptors (Lipinski definition) is 3. The van der Waals surface area contributed by atoms with E-state index in [1.54, 1.807) is 0 Å². The summed E-state index contributed by atoms with van der Waals surface area (Å²) < 4.78 is 5.85. The highest BCUT2D eigenvalue weighted by atomic mass is 16.6. The summed E-state index contributed by atoms with van der Waals surface area (Å²) in [7, 11) is 0. The number of ether oxygens (including phenoxy) is 1. The molecule has 3 nitrogen and oxygen atoms in total. The molecular formula is C13H22O3. The van der Waals surface area contributed by atoms with Gasteiger partial charge in [-0.1, -0.05) is 20.8 Å². The lowest BCUT2D eigenvalue weighted by Gasteiger charge is -2.50. The molecule has 0 spiro atoms. The lowest BCUT2D eigenvalue weighted by Crippen LogP contribution is -2.56. The molecule has 1 heterocycles.